The van der Waals surface area contributed by atoms with Gasteiger partial charge in [0.05, 0.1) is 31.0 Å². The highest BCUT2D eigenvalue weighted by molar-refractivity contribution is 5.64. The largest absolute Gasteiger partial charge is 0.443 e. The average molecular weight is 741 g/mol. The molecule has 14 atom stereocenters. The SMILES string of the molecule is CC(C)C(OC(N)=O)C1CC(C)C2C(O1)C(O)C1(C)C3CCC4C(C)(C)C(OC5CN(CC6CCCCCCCC6)CCO5)CCC45CC35CCC21C. The fraction of sp³-hybridized carbons (Fsp3) is 0.978. The molecule has 0 radical (unpaired) electrons. The predicted molar refractivity (Wildman–Crippen MR) is 207 cm³/mol. The van der Waals surface area contributed by atoms with E-state index in [-0.39, 0.29) is 52.7 Å². The molecule has 2 heterocycles. The van der Waals surface area contributed by atoms with Crippen molar-refractivity contribution in [2.45, 2.75) is 188 Å². The van der Waals surface area contributed by atoms with Crippen LogP contribution in [0, 0.1) is 62.6 Å². The molecule has 2 aliphatic heterocycles. The zero-order valence-corrected chi connectivity index (χ0v) is 34.6. The molecule has 53 heavy (non-hydrogen) atoms. The van der Waals surface area contributed by atoms with Gasteiger partial charge in [0, 0.05) is 25.0 Å². The zero-order chi connectivity index (χ0) is 37.6. The van der Waals surface area contributed by atoms with E-state index in [0.717, 1.165) is 44.9 Å². The van der Waals surface area contributed by atoms with Gasteiger partial charge >= 0.3 is 6.09 Å². The quantitative estimate of drug-likeness (QED) is 0.269. The lowest BCUT2D eigenvalue weighted by Crippen LogP contribution is -2.60. The van der Waals surface area contributed by atoms with Gasteiger partial charge in [0.2, 0.25) is 0 Å². The number of aliphatic hydroxyl groups excluding tert-OH is 1. The van der Waals surface area contributed by atoms with Crippen LogP contribution in [-0.4, -0.2) is 79.2 Å². The first-order valence-corrected chi connectivity index (χ1v) is 22.5. The molecule has 0 aromatic rings. The Bertz CT molecular complexity index is 1330. The number of fused-ring (bicyclic) bond motifs is 4. The number of carbonyl (C=O) groups is 1. The van der Waals surface area contributed by atoms with Crippen molar-refractivity contribution in [3.63, 3.8) is 0 Å². The van der Waals surface area contributed by atoms with Crippen LogP contribution in [0.1, 0.15) is 151 Å². The smallest absolute Gasteiger partial charge is 0.404 e. The number of amides is 1. The molecule has 6 aliphatic carbocycles. The highest BCUT2D eigenvalue weighted by Gasteiger charge is 2.84. The highest BCUT2D eigenvalue weighted by atomic mass is 16.7. The minimum atomic E-state index is -0.744. The topological polar surface area (TPSA) is 103 Å². The lowest BCUT2D eigenvalue weighted by atomic mass is 9.41. The van der Waals surface area contributed by atoms with Gasteiger partial charge in [-0.3, -0.25) is 4.90 Å². The van der Waals surface area contributed by atoms with Gasteiger partial charge in [-0.15, -0.1) is 0 Å². The first-order valence-electron chi connectivity index (χ1n) is 22.5. The number of nitrogens with two attached hydrogens (primary N) is 1. The highest BCUT2D eigenvalue weighted by Crippen LogP contribution is 2.89. The number of ether oxygens (including phenoxy) is 4. The first kappa shape index (κ1) is 38.9. The average Bonchev–Trinajstić information content (AvgIpc) is 3.70. The van der Waals surface area contributed by atoms with E-state index in [0.29, 0.717) is 28.6 Å². The van der Waals surface area contributed by atoms with Crippen molar-refractivity contribution in [2.24, 2.45) is 68.3 Å². The van der Waals surface area contributed by atoms with Gasteiger partial charge < -0.3 is 29.8 Å². The van der Waals surface area contributed by atoms with Crippen LogP contribution in [0.25, 0.3) is 0 Å². The summed E-state index contributed by atoms with van der Waals surface area (Å²) in [6, 6.07) is 0. The Hall–Kier alpha value is -0.930. The van der Waals surface area contributed by atoms with Crippen molar-refractivity contribution in [3.05, 3.63) is 0 Å². The van der Waals surface area contributed by atoms with Gasteiger partial charge in [-0.25, -0.2) is 4.79 Å². The molecule has 14 unspecified atom stereocenters. The minimum absolute atomic E-state index is 0.00109. The van der Waals surface area contributed by atoms with E-state index < -0.39 is 18.3 Å². The van der Waals surface area contributed by atoms with Gasteiger partial charge in [0.25, 0.3) is 0 Å². The summed E-state index contributed by atoms with van der Waals surface area (Å²) < 4.78 is 26.1. The van der Waals surface area contributed by atoms with Gasteiger partial charge in [0.15, 0.2) is 6.29 Å². The van der Waals surface area contributed by atoms with Gasteiger partial charge in [-0.2, -0.15) is 0 Å². The van der Waals surface area contributed by atoms with Crippen LogP contribution in [0.3, 0.4) is 0 Å². The van der Waals surface area contributed by atoms with Crippen molar-refractivity contribution in [2.75, 3.05) is 26.2 Å². The number of primary amides is 1. The Kier molecular flexibility index (Phi) is 10.4. The van der Waals surface area contributed by atoms with Crippen LogP contribution < -0.4 is 5.73 Å². The molecule has 0 aromatic heterocycles. The van der Waals surface area contributed by atoms with Crippen molar-refractivity contribution in [3.8, 4) is 0 Å². The monoisotopic (exact) mass is 741 g/mol. The van der Waals surface area contributed by atoms with E-state index in [1.165, 1.54) is 90.0 Å². The summed E-state index contributed by atoms with van der Waals surface area (Å²) in [5.74, 6) is 2.68. The molecule has 8 nitrogen and oxygen atoms in total. The van der Waals surface area contributed by atoms with E-state index >= 15 is 0 Å². The lowest BCUT2D eigenvalue weighted by Gasteiger charge is -2.64. The molecule has 0 aromatic carbocycles. The summed E-state index contributed by atoms with van der Waals surface area (Å²) in [5, 5.41) is 12.6. The third-order valence-electron chi connectivity index (χ3n) is 18.5. The molecule has 8 aliphatic rings. The summed E-state index contributed by atoms with van der Waals surface area (Å²) in [6.07, 6.45) is 18.5. The number of rotatable bonds is 7. The molecule has 8 rings (SSSR count). The third kappa shape index (κ3) is 6.09. The van der Waals surface area contributed by atoms with Gasteiger partial charge in [-0.05, 0) is 121 Å². The Balaban J connectivity index is 0.961. The van der Waals surface area contributed by atoms with Gasteiger partial charge in [0.1, 0.15) is 6.10 Å². The maximum Gasteiger partial charge on any atom is 0.404 e. The number of morpholine rings is 1. The summed E-state index contributed by atoms with van der Waals surface area (Å²) in [6.45, 7) is 20.4. The Morgan fingerprint density at radius 1 is 0.925 bits per heavy atom. The lowest BCUT2D eigenvalue weighted by molar-refractivity contribution is -0.249. The molecular formula is C45H76N2O6. The van der Waals surface area contributed by atoms with Crippen LogP contribution in [0.2, 0.25) is 0 Å². The Morgan fingerprint density at radius 3 is 2.30 bits per heavy atom. The second-order valence-electron chi connectivity index (χ2n) is 21.4. The van der Waals surface area contributed by atoms with E-state index in [1.807, 2.05) is 0 Å². The van der Waals surface area contributed by atoms with Crippen LogP contribution in [0.5, 0.6) is 0 Å². The number of hydrogen-bond acceptors (Lipinski definition) is 7. The maximum atomic E-state index is 12.6. The number of carbonyl (C=O) groups excluding carboxylic acids is 1. The zero-order valence-electron chi connectivity index (χ0n) is 34.6. The number of aliphatic hydroxyl groups is 1. The second kappa shape index (κ2) is 14.2. The molecule has 1 amide bonds. The molecule has 8 heteroatoms. The molecule has 3 N–H and O–H groups in total. The molecule has 2 saturated heterocycles. The molecule has 302 valence electrons. The number of nitrogens with zero attached hydrogens (tertiary/aromatic N) is 1. The normalized spacial score (nSPS) is 49.2. The van der Waals surface area contributed by atoms with E-state index in [1.54, 1.807) is 0 Å². The van der Waals surface area contributed by atoms with Crippen molar-refractivity contribution < 1.29 is 28.8 Å². The van der Waals surface area contributed by atoms with Crippen LogP contribution in [-0.2, 0) is 18.9 Å². The van der Waals surface area contributed by atoms with Crippen LogP contribution in [0.4, 0.5) is 4.79 Å². The predicted octanol–water partition coefficient (Wildman–Crippen LogP) is 8.71. The molecule has 6 saturated carbocycles. The second-order valence-corrected chi connectivity index (χ2v) is 21.4. The molecule has 0 bridgehead atoms. The van der Waals surface area contributed by atoms with Crippen molar-refractivity contribution >= 4 is 6.09 Å². The fourth-order valence-corrected chi connectivity index (χ4v) is 15.9. The maximum absolute atomic E-state index is 12.6. The third-order valence-corrected chi connectivity index (χ3v) is 18.5. The first-order chi connectivity index (χ1) is 25.2. The van der Waals surface area contributed by atoms with E-state index in [4.69, 9.17) is 24.7 Å². The van der Waals surface area contributed by atoms with Gasteiger partial charge in [-0.1, -0.05) is 87.0 Å². The minimum Gasteiger partial charge on any atom is -0.443 e. The summed E-state index contributed by atoms with van der Waals surface area (Å²) >= 11 is 0. The van der Waals surface area contributed by atoms with Crippen molar-refractivity contribution in [1.82, 2.24) is 4.90 Å². The van der Waals surface area contributed by atoms with Crippen LogP contribution in [0.15, 0.2) is 0 Å². The summed E-state index contributed by atoms with van der Waals surface area (Å²) in [5.41, 5.74) is 6.04. The Labute approximate surface area is 321 Å². The van der Waals surface area contributed by atoms with E-state index in [2.05, 4.69) is 53.4 Å². The van der Waals surface area contributed by atoms with Crippen molar-refractivity contribution in [1.29, 1.82) is 0 Å². The summed E-state index contributed by atoms with van der Waals surface area (Å²) in [7, 11) is 0. The molecule has 8 fully saturated rings. The Morgan fingerprint density at radius 2 is 1.60 bits per heavy atom. The van der Waals surface area contributed by atoms with E-state index in [9.17, 15) is 9.90 Å². The van der Waals surface area contributed by atoms with Crippen LogP contribution >= 0.6 is 0 Å². The number of hydrogen-bond donors (Lipinski definition) is 2. The molecule has 2 spiro atoms. The standard InChI is InChI=1S/C45H76N2O6/c1-28(2)37(53-40(46)49)31-24-29(3)36-38(51-31)39(48)43(7)33-17-16-32-41(4,5)34(18-19-44(32)27-45(33,44)21-20-42(36,43)6)52-35-26-47(22-23-50-35)25-30-14-12-10-8-9-11-13-15-30/h28-39,48H,8-27H2,1-7H3,(H2,46,49). The fourth-order valence-electron chi connectivity index (χ4n) is 15.9. The summed E-state index contributed by atoms with van der Waals surface area (Å²) in [4.78, 5) is 14.6. The molecular weight excluding hydrogens is 665 g/mol.